The Hall–Kier alpha value is -0.550. The number of halogens is 1. The van der Waals surface area contributed by atoms with Crippen LogP contribution in [0.1, 0.15) is 19.4 Å². The Kier molecular flexibility index (Phi) is 4.80. The van der Waals surface area contributed by atoms with Crippen molar-refractivity contribution < 1.29 is 13.2 Å². The van der Waals surface area contributed by atoms with Gasteiger partial charge in [-0.15, -0.1) is 0 Å². The van der Waals surface area contributed by atoms with Gasteiger partial charge in [-0.2, -0.15) is 0 Å². The molecule has 0 atom stereocenters. The lowest BCUT2D eigenvalue weighted by molar-refractivity contribution is 0.338. The topological polar surface area (TPSA) is 43.4 Å². The average Bonchev–Trinajstić information content (AvgIpc) is 2.22. The molecule has 0 bridgehead atoms. The summed E-state index contributed by atoms with van der Waals surface area (Å²) in [5, 5.41) is 0. The average molecular weight is 307 g/mol. The van der Waals surface area contributed by atoms with Gasteiger partial charge in [0.25, 0.3) is 0 Å². The number of sulfone groups is 1. The van der Waals surface area contributed by atoms with Gasteiger partial charge in [-0.25, -0.2) is 8.42 Å². The molecule has 5 heteroatoms. The van der Waals surface area contributed by atoms with Crippen LogP contribution in [-0.2, 0) is 15.6 Å². The quantitative estimate of drug-likeness (QED) is 0.840. The maximum Gasteiger partial charge on any atom is 0.154 e. The fourth-order valence-corrected chi connectivity index (χ4v) is 2.69. The number of ether oxygens (including phenoxy) is 1. The van der Waals surface area contributed by atoms with Crippen molar-refractivity contribution in [3.63, 3.8) is 0 Å². The molecule has 90 valence electrons. The van der Waals surface area contributed by atoms with E-state index in [0.717, 1.165) is 15.8 Å². The van der Waals surface area contributed by atoms with Gasteiger partial charge < -0.3 is 4.74 Å². The first kappa shape index (κ1) is 13.5. The molecule has 0 heterocycles. The number of rotatable bonds is 5. The van der Waals surface area contributed by atoms with Crippen LogP contribution in [0.25, 0.3) is 0 Å². The second-order valence-corrected chi connectivity index (χ2v) is 6.58. The van der Waals surface area contributed by atoms with Gasteiger partial charge >= 0.3 is 0 Å². The van der Waals surface area contributed by atoms with Gasteiger partial charge in [0.2, 0.25) is 0 Å². The molecule has 0 N–H and O–H groups in total. The first-order valence-corrected chi connectivity index (χ1v) is 7.71. The molecule has 0 radical (unpaired) electrons. The van der Waals surface area contributed by atoms with Crippen molar-refractivity contribution >= 4 is 25.8 Å². The smallest absolute Gasteiger partial charge is 0.154 e. The fraction of sp³-hybridized carbons (Fsp3) is 0.455. The van der Waals surface area contributed by atoms with Gasteiger partial charge in [-0.1, -0.05) is 13.0 Å². The molecule has 0 aliphatic heterocycles. The first-order chi connectivity index (χ1) is 7.48. The van der Waals surface area contributed by atoms with E-state index in [4.69, 9.17) is 4.74 Å². The van der Waals surface area contributed by atoms with Crippen LogP contribution in [0.4, 0.5) is 0 Å². The Labute approximate surface area is 105 Å². The zero-order chi connectivity index (χ0) is 12.2. The molecular formula is C11H15BrO3S. The van der Waals surface area contributed by atoms with Crippen LogP contribution in [-0.4, -0.2) is 20.8 Å². The Bertz CT molecular complexity index is 454. The maximum absolute atomic E-state index is 11.4. The van der Waals surface area contributed by atoms with Gasteiger partial charge in [0.15, 0.2) is 9.84 Å². The monoisotopic (exact) mass is 306 g/mol. The molecule has 16 heavy (non-hydrogen) atoms. The number of benzene rings is 1. The molecule has 1 rings (SSSR count). The highest BCUT2D eigenvalue weighted by molar-refractivity contribution is 9.10. The van der Waals surface area contributed by atoms with Crippen molar-refractivity contribution in [3.05, 3.63) is 28.2 Å². The minimum atomic E-state index is -2.98. The summed E-state index contributed by atoms with van der Waals surface area (Å²) in [7, 11) is -2.98. The van der Waals surface area contributed by atoms with E-state index in [1.165, 1.54) is 0 Å². The summed E-state index contributed by atoms with van der Waals surface area (Å²) >= 11 is 3.36. The molecule has 0 amide bonds. The van der Waals surface area contributed by atoms with E-state index in [0.29, 0.717) is 6.61 Å². The Morgan fingerprint density at radius 1 is 1.31 bits per heavy atom. The number of hydrogen-bond acceptors (Lipinski definition) is 3. The van der Waals surface area contributed by atoms with Crippen LogP contribution in [0.5, 0.6) is 5.75 Å². The van der Waals surface area contributed by atoms with E-state index in [-0.39, 0.29) is 11.5 Å². The van der Waals surface area contributed by atoms with Crippen molar-refractivity contribution in [1.29, 1.82) is 0 Å². The maximum atomic E-state index is 11.4. The van der Waals surface area contributed by atoms with Crippen molar-refractivity contribution in [2.75, 3.05) is 12.4 Å². The predicted molar refractivity (Wildman–Crippen MR) is 68.5 cm³/mol. The molecule has 0 aliphatic carbocycles. The SMILES string of the molecule is CCOc1ccc(CS(=O)(=O)CC)cc1Br. The van der Waals surface area contributed by atoms with Crippen LogP contribution in [0.3, 0.4) is 0 Å². The highest BCUT2D eigenvalue weighted by Gasteiger charge is 2.10. The minimum Gasteiger partial charge on any atom is -0.493 e. The van der Waals surface area contributed by atoms with Crippen molar-refractivity contribution in [2.24, 2.45) is 0 Å². The minimum absolute atomic E-state index is 0.0779. The zero-order valence-corrected chi connectivity index (χ0v) is 11.8. The van der Waals surface area contributed by atoms with E-state index in [1.807, 2.05) is 6.92 Å². The summed E-state index contributed by atoms with van der Waals surface area (Å²) in [6.45, 7) is 4.14. The fourth-order valence-electron chi connectivity index (χ4n) is 1.26. The molecule has 3 nitrogen and oxygen atoms in total. The van der Waals surface area contributed by atoms with Crippen LogP contribution in [0.15, 0.2) is 22.7 Å². The van der Waals surface area contributed by atoms with E-state index in [2.05, 4.69) is 15.9 Å². The highest BCUT2D eigenvalue weighted by Crippen LogP contribution is 2.26. The summed E-state index contributed by atoms with van der Waals surface area (Å²) in [4.78, 5) is 0. The van der Waals surface area contributed by atoms with Crippen molar-refractivity contribution in [3.8, 4) is 5.75 Å². The molecule has 1 aromatic carbocycles. The largest absolute Gasteiger partial charge is 0.493 e. The Balaban J connectivity index is 2.89. The lowest BCUT2D eigenvalue weighted by atomic mass is 10.2. The molecule has 1 aromatic rings. The van der Waals surface area contributed by atoms with Crippen LogP contribution in [0, 0.1) is 0 Å². The van der Waals surface area contributed by atoms with Crippen LogP contribution in [0.2, 0.25) is 0 Å². The molecule has 0 aliphatic rings. The first-order valence-electron chi connectivity index (χ1n) is 5.10. The lowest BCUT2D eigenvalue weighted by Gasteiger charge is -2.08. The van der Waals surface area contributed by atoms with Crippen molar-refractivity contribution in [2.45, 2.75) is 19.6 Å². The van der Waals surface area contributed by atoms with E-state index in [9.17, 15) is 8.42 Å². The summed E-state index contributed by atoms with van der Waals surface area (Å²) in [6, 6.07) is 5.36. The van der Waals surface area contributed by atoms with E-state index >= 15 is 0 Å². The third-order valence-corrected chi connectivity index (χ3v) is 4.40. The van der Waals surface area contributed by atoms with Gasteiger partial charge in [-0.05, 0) is 40.5 Å². The summed E-state index contributed by atoms with van der Waals surface area (Å²) in [5.74, 6) is 0.979. The molecule has 0 unspecified atom stereocenters. The summed E-state index contributed by atoms with van der Waals surface area (Å²) < 4.78 is 29.0. The second-order valence-electron chi connectivity index (χ2n) is 3.37. The van der Waals surface area contributed by atoms with Gasteiger partial charge in [-0.3, -0.25) is 0 Å². The van der Waals surface area contributed by atoms with Crippen LogP contribution >= 0.6 is 15.9 Å². The molecule has 0 spiro atoms. The van der Waals surface area contributed by atoms with E-state index < -0.39 is 9.84 Å². The van der Waals surface area contributed by atoms with Crippen molar-refractivity contribution in [1.82, 2.24) is 0 Å². The summed E-state index contributed by atoms with van der Waals surface area (Å²) in [5.41, 5.74) is 0.775. The zero-order valence-electron chi connectivity index (χ0n) is 9.36. The molecule has 0 fully saturated rings. The molecule has 0 saturated heterocycles. The third-order valence-electron chi connectivity index (χ3n) is 2.12. The number of hydrogen-bond donors (Lipinski definition) is 0. The molecular weight excluding hydrogens is 292 g/mol. The second kappa shape index (κ2) is 5.68. The Morgan fingerprint density at radius 2 is 2.00 bits per heavy atom. The Morgan fingerprint density at radius 3 is 2.50 bits per heavy atom. The predicted octanol–water partition coefficient (Wildman–Crippen LogP) is 2.78. The van der Waals surface area contributed by atoms with Gasteiger partial charge in [0.1, 0.15) is 5.75 Å². The van der Waals surface area contributed by atoms with Gasteiger partial charge in [0.05, 0.1) is 16.8 Å². The van der Waals surface area contributed by atoms with Crippen LogP contribution < -0.4 is 4.74 Å². The molecule has 0 saturated carbocycles. The third kappa shape index (κ3) is 3.79. The molecule has 0 aromatic heterocycles. The lowest BCUT2D eigenvalue weighted by Crippen LogP contribution is -2.06. The normalized spacial score (nSPS) is 11.4. The van der Waals surface area contributed by atoms with E-state index in [1.54, 1.807) is 25.1 Å². The standard InChI is InChI=1S/C11H15BrO3S/c1-3-15-11-6-5-9(7-10(11)12)8-16(13,14)4-2/h5-7H,3-4,8H2,1-2H3. The highest BCUT2D eigenvalue weighted by atomic mass is 79.9. The van der Waals surface area contributed by atoms with Gasteiger partial charge in [0, 0.05) is 5.75 Å². The summed E-state index contributed by atoms with van der Waals surface area (Å²) in [6.07, 6.45) is 0.